The van der Waals surface area contributed by atoms with Gasteiger partial charge in [-0.1, -0.05) is 59.6 Å². The maximum atomic E-state index is 14.4. The van der Waals surface area contributed by atoms with Gasteiger partial charge in [-0.25, -0.2) is 5.06 Å². The van der Waals surface area contributed by atoms with E-state index in [4.69, 9.17) is 46.6 Å². The second-order valence-corrected chi connectivity index (χ2v) is 14.9. The zero-order chi connectivity index (χ0) is 32.3. The van der Waals surface area contributed by atoms with E-state index in [9.17, 15) is 18.9 Å². The number of hydroxylamine groups is 2. The van der Waals surface area contributed by atoms with Gasteiger partial charge in [0.25, 0.3) is 0 Å². The summed E-state index contributed by atoms with van der Waals surface area (Å²) in [6.45, 7) is 8.74. The van der Waals surface area contributed by atoms with E-state index in [1.54, 1.807) is 59.7 Å². The predicted molar refractivity (Wildman–Crippen MR) is 163 cm³/mol. The summed E-state index contributed by atoms with van der Waals surface area (Å²) in [5, 5.41) is 1.70. The van der Waals surface area contributed by atoms with Gasteiger partial charge < -0.3 is 9.47 Å². The first-order valence-corrected chi connectivity index (χ1v) is 16.0. The normalized spacial score (nSPS) is 12.8. The molecule has 0 N–H and O–H groups in total. The van der Waals surface area contributed by atoms with Crippen LogP contribution in [0.2, 0.25) is 10.0 Å². The Hall–Kier alpha value is -2.46. The van der Waals surface area contributed by atoms with Crippen molar-refractivity contribution in [2.75, 3.05) is 20.1 Å². The van der Waals surface area contributed by atoms with Crippen LogP contribution in [0.1, 0.15) is 59.1 Å². The van der Waals surface area contributed by atoms with Crippen LogP contribution < -0.4 is 0 Å². The van der Waals surface area contributed by atoms with Crippen LogP contribution in [0.5, 0.6) is 0 Å². The quantitative estimate of drug-likeness (QED) is 0.0606. The molecule has 1 unspecified atom stereocenters. The molecule has 43 heavy (non-hydrogen) atoms. The lowest BCUT2D eigenvalue weighted by Gasteiger charge is -2.29. The van der Waals surface area contributed by atoms with E-state index in [1.807, 2.05) is 30.3 Å². The second kappa shape index (κ2) is 16.6. The Labute approximate surface area is 263 Å². The summed E-state index contributed by atoms with van der Waals surface area (Å²) in [5.41, 5.74) is -1.10. The van der Waals surface area contributed by atoms with Crippen LogP contribution in [-0.2, 0) is 55.3 Å². The summed E-state index contributed by atoms with van der Waals surface area (Å²) in [6.07, 6.45) is 0.674. The number of halogens is 2. The first kappa shape index (κ1) is 36.7. The highest BCUT2D eigenvalue weighted by Crippen LogP contribution is 2.55. The third kappa shape index (κ3) is 12.6. The standard InChI is InChI=1S/C30H40Cl2NO9P/c1-29(2,3)27(35)38-20-41-43(37,42-21-39-28(36)30(4,5)6)24(16-23-12-13-25(31)26(32)17-23)14-15-33(19-34)40-18-22-10-8-7-9-11-22/h7-13,17,19,24H,14-16,18,20-21H2,1-6H3. The fourth-order valence-corrected chi connectivity index (χ4v) is 5.54. The van der Waals surface area contributed by atoms with Crippen molar-refractivity contribution in [3.8, 4) is 0 Å². The molecule has 1 amide bonds. The number of carbonyl (C=O) groups excluding carboxylic acids is 3. The highest BCUT2D eigenvalue weighted by atomic mass is 35.5. The van der Waals surface area contributed by atoms with Gasteiger partial charge in [0.15, 0.2) is 0 Å². The van der Waals surface area contributed by atoms with Gasteiger partial charge in [0, 0.05) is 6.54 Å². The third-order valence-electron chi connectivity index (χ3n) is 6.01. The molecular formula is C30H40Cl2NO9P. The zero-order valence-corrected chi connectivity index (χ0v) is 27.7. The van der Waals surface area contributed by atoms with Gasteiger partial charge in [0.05, 0.1) is 26.5 Å². The van der Waals surface area contributed by atoms with Gasteiger partial charge in [0.1, 0.15) is 6.61 Å². The Bertz CT molecular complexity index is 1230. The van der Waals surface area contributed by atoms with Gasteiger partial charge in [-0.3, -0.25) is 32.8 Å². The first-order valence-electron chi connectivity index (χ1n) is 13.6. The highest BCUT2D eigenvalue weighted by molar-refractivity contribution is 7.54. The van der Waals surface area contributed by atoms with Gasteiger partial charge in [-0.2, -0.15) is 0 Å². The lowest BCUT2D eigenvalue weighted by molar-refractivity contribution is -0.177. The predicted octanol–water partition coefficient (Wildman–Crippen LogP) is 7.20. The van der Waals surface area contributed by atoms with Gasteiger partial charge >= 0.3 is 19.5 Å². The molecule has 0 aliphatic heterocycles. The van der Waals surface area contributed by atoms with Crippen LogP contribution in [0.4, 0.5) is 0 Å². The van der Waals surface area contributed by atoms with Crippen LogP contribution >= 0.6 is 30.8 Å². The molecule has 0 saturated carbocycles. The number of rotatable bonds is 16. The van der Waals surface area contributed by atoms with Crippen molar-refractivity contribution in [3.05, 3.63) is 69.7 Å². The van der Waals surface area contributed by atoms with E-state index in [2.05, 4.69) is 0 Å². The number of amides is 1. The summed E-state index contributed by atoms with van der Waals surface area (Å²) < 4.78 is 36.1. The van der Waals surface area contributed by atoms with Crippen molar-refractivity contribution in [3.63, 3.8) is 0 Å². The molecule has 0 heterocycles. The van der Waals surface area contributed by atoms with Crippen LogP contribution in [-0.4, -0.2) is 49.2 Å². The fourth-order valence-electron chi connectivity index (χ4n) is 3.45. The van der Waals surface area contributed by atoms with Crippen molar-refractivity contribution < 1.29 is 42.3 Å². The Morgan fingerprint density at radius 3 is 1.91 bits per heavy atom. The van der Waals surface area contributed by atoms with Gasteiger partial charge in [-0.05, 0) is 77.6 Å². The molecule has 2 aromatic carbocycles. The molecule has 0 saturated heterocycles. The molecule has 0 aromatic heterocycles. The molecule has 238 valence electrons. The van der Waals surface area contributed by atoms with Crippen LogP contribution in [0.3, 0.4) is 0 Å². The van der Waals surface area contributed by atoms with Crippen molar-refractivity contribution >= 4 is 49.1 Å². The number of benzene rings is 2. The van der Waals surface area contributed by atoms with Crippen LogP contribution in [0, 0.1) is 10.8 Å². The average molecular weight is 661 g/mol. The SMILES string of the molecule is CC(C)(C)C(=O)OCOP(=O)(OCOC(=O)C(C)(C)C)C(CCN(C=O)OCc1ccccc1)Cc1ccc(Cl)c(Cl)c1. The summed E-state index contributed by atoms with van der Waals surface area (Å²) in [5.74, 6) is -1.17. The molecule has 2 aromatic rings. The Morgan fingerprint density at radius 1 is 0.860 bits per heavy atom. The zero-order valence-electron chi connectivity index (χ0n) is 25.3. The molecule has 1 atom stereocenters. The number of hydrogen-bond donors (Lipinski definition) is 0. The molecule has 2 rings (SSSR count). The molecule has 0 aliphatic rings. The Morgan fingerprint density at radius 2 is 1.42 bits per heavy atom. The van der Waals surface area contributed by atoms with Crippen molar-refractivity contribution in [1.82, 2.24) is 5.06 Å². The number of ether oxygens (including phenoxy) is 2. The van der Waals surface area contributed by atoms with Crippen molar-refractivity contribution in [2.24, 2.45) is 10.8 Å². The Kier molecular flexibility index (Phi) is 14.2. The average Bonchev–Trinajstić information content (AvgIpc) is 2.93. The number of carbonyl (C=O) groups is 3. The molecular weight excluding hydrogens is 620 g/mol. The van der Waals surface area contributed by atoms with E-state index >= 15 is 0 Å². The summed E-state index contributed by atoms with van der Waals surface area (Å²) in [4.78, 5) is 42.2. The first-order chi connectivity index (χ1) is 20.0. The van der Waals surface area contributed by atoms with E-state index in [-0.39, 0.29) is 31.0 Å². The fraction of sp³-hybridized carbons (Fsp3) is 0.500. The van der Waals surface area contributed by atoms with Gasteiger partial charge in [0.2, 0.25) is 20.0 Å². The molecule has 10 nitrogen and oxygen atoms in total. The third-order valence-corrected chi connectivity index (χ3v) is 9.02. The summed E-state index contributed by atoms with van der Waals surface area (Å²) >= 11 is 12.3. The minimum Gasteiger partial charge on any atom is -0.438 e. The summed E-state index contributed by atoms with van der Waals surface area (Å²) in [6, 6.07) is 14.2. The maximum absolute atomic E-state index is 14.4. The lowest BCUT2D eigenvalue weighted by Crippen LogP contribution is -2.29. The summed E-state index contributed by atoms with van der Waals surface area (Å²) in [7, 11) is -4.21. The molecule has 0 spiro atoms. The van der Waals surface area contributed by atoms with Crippen LogP contribution in [0.25, 0.3) is 0 Å². The van der Waals surface area contributed by atoms with E-state index < -0.39 is 49.6 Å². The number of hydrogen-bond acceptors (Lipinski definition) is 9. The molecule has 0 bridgehead atoms. The molecule has 0 aliphatic carbocycles. The van der Waals surface area contributed by atoms with Crippen LogP contribution in [0.15, 0.2) is 48.5 Å². The van der Waals surface area contributed by atoms with Crippen molar-refractivity contribution in [2.45, 2.75) is 66.6 Å². The van der Waals surface area contributed by atoms with E-state index in [0.29, 0.717) is 17.0 Å². The second-order valence-electron chi connectivity index (χ2n) is 11.8. The van der Waals surface area contributed by atoms with Gasteiger partial charge in [-0.15, -0.1) is 0 Å². The highest BCUT2D eigenvalue weighted by Gasteiger charge is 2.38. The minimum absolute atomic E-state index is 0.00257. The number of esters is 2. The smallest absolute Gasteiger partial charge is 0.339 e. The Balaban J connectivity index is 2.32. The molecule has 0 fully saturated rings. The largest absolute Gasteiger partial charge is 0.438 e. The van der Waals surface area contributed by atoms with E-state index in [1.165, 1.54) is 0 Å². The minimum atomic E-state index is -4.21. The number of nitrogens with zero attached hydrogens (tertiary/aromatic N) is 1. The van der Waals surface area contributed by atoms with E-state index in [0.717, 1.165) is 10.6 Å². The van der Waals surface area contributed by atoms with Crippen molar-refractivity contribution in [1.29, 1.82) is 0 Å². The lowest BCUT2D eigenvalue weighted by atomic mass is 9.98. The topological polar surface area (TPSA) is 118 Å². The monoisotopic (exact) mass is 659 g/mol. The molecule has 0 radical (unpaired) electrons. The maximum Gasteiger partial charge on any atom is 0.339 e. The molecule has 13 heteroatoms.